The van der Waals surface area contributed by atoms with E-state index in [0.717, 1.165) is 18.9 Å². The molecule has 1 N–H and O–H groups in total. The van der Waals surface area contributed by atoms with Gasteiger partial charge in [-0.05, 0) is 31.9 Å². The summed E-state index contributed by atoms with van der Waals surface area (Å²) in [5.41, 5.74) is 2.65. The first-order valence-electron chi connectivity index (χ1n) is 6.75. The molecule has 23 heavy (non-hydrogen) atoms. The molecule has 0 saturated heterocycles. The van der Waals surface area contributed by atoms with Crippen LogP contribution in [0, 0.1) is 5.92 Å². The molecule has 0 spiro atoms. The van der Waals surface area contributed by atoms with E-state index in [-0.39, 0.29) is 34.6 Å². The third-order valence-electron chi connectivity index (χ3n) is 3.07. The van der Waals surface area contributed by atoms with E-state index in [4.69, 9.17) is 0 Å². The van der Waals surface area contributed by atoms with Crippen LogP contribution >= 0.6 is 0 Å². The van der Waals surface area contributed by atoms with Crippen molar-refractivity contribution in [3.63, 3.8) is 0 Å². The summed E-state index contributed by atoms with van der Waals surface area (Å²) in [4.78, 5) is 11.5. The highest BCUT2D eigenvalue weighted by atomic mass is 19.3. The highest BCUT2D eigenvalue weighted by Gasteiger charge is 2.29. The minimum Gasteiger partial charge on any atom is -0.435 e. The highest BCUT2D eigenvalue weighted by molar-refractivity contribution is 6.01. The summed E-state index contributed by atoms with van der Waals surface area (Å²) >= 11 is 0. The van der Waals surface area contributed by atoms with Gasteiger partial charge in [0.05, 0.1) is 5.71 Å². The van der Waals surface area contributed by atoms with Gasteiger partial charge in [0.1, 0.15) is 11.5 Å². The van der Waals surface area contributed by atoms with Gasteiger partial charge < -0.3 is 9.47 Å². The minimum absolute atomic E-state index is 0.0647. The number of alkyl halides is 4. The van der Waals surface area contributed by atoms with Crippen molar-refractivity contribution in [3.8, 4) is 11.5 Å². The molecule has 1 aliphatic carbocycles. The smallest absolute Gasteiger partial charge is 0.387 e. The maximum absolute atomic E-state index is 12.5. The summed E-state index contributed by atoms with van der Waals surface area (Å²) in [5.74, 6) is -1.02. The Hall–Kier alpha value is -2.32. The largest absolute Gasteiger partial charge is 0.435 e. The number of hydrogen-bond acceptors (Lipinski definition) is 4. The van der Waals surface area contributed by atoms with Crippen LogP contribution in [0.1, 0.15) is 25.3 Å². The van der Waals surface area contributed by atoms with Gasteiger partial charge in [0.15, 0.2) is 0 Å². The van der Waals surface area contributed by atoms with Gasteiger partial charge in [-0.2, -0.15) is 22.7 Å². The Balaban J connectivity index is 2.20. The van der Waals surface area contributed by atoms with E-state index in [1.807, 2.05) is 0 Å². The zero-order valence-electron chi connectivity index (χ0n) is 12.1. The maximum Gasteiger partial charge on any atom is 0.387 e. The van der Waals surface area contributed by atoms with Crippen LogP contribution in [-0.4, -0.2) is 24.8 Å². The Bertz CT molecular complexity index is 604. The zero-order chi connectivity index (χ0) is 17.0. The summed E-state index contributed by atoms with van der Waals surface area (Å²) in [6.45, 7) is -4.77. The molecule has 1 fully saturated rings. The van der Waals surface area contributed by atoms with E-state index in [9.17, 15) is 22.4 Å². The van der Waals surface area contributed by atoms with Gasteiger partial charge >= 0.3 is 13.2 Å². The Kier molecular flexibility index (Phi) is 5.41. The first kappa shape index (κ1) is 17.0. The molecule has 0 bridgehead atoms. The predicted molar refractivity (Wildman–Crippen MR) is 72.8 cm³/mol. The van der Waals surface area contributed by atoms with Crippen LogP contribution in [0.15, 0.2) is 23.3 Å². The number of halogens is 4. The second-order valence-corrected chi connectivity index (χ2v) is 4.86. The minimum atomic E-state index is -3.15. The number of amides is 1. The summed E-state index contributed by atoms with van der Waals surface area (Å²) in [6.07, 6.45) is 1.58. The number of rotatable bonds is 7. The average molecular weight is 334 g/mol. The Morgan fingerprint density at radius 1 is 1.22 bits per heavy atom. The van der Waals surface area contributed by atoms with Gasteiger partial charge in [-0.1, -0.05) is 0 Å². The van der Waals surface area contributed by atoms with Crippen LogP contribution in [0.5, 0.6) is 11.5 Å². The van der Waals surface area contributed by atoms with Crippen LogP contribution < -0.4 is 14.9 Å². The lowest BCUT2D eigenvalue weighted by Crippen LogP contribution is -2.21. The van der Waals surface area contributed by atoms with E-state index in [2.05, 4.69) is 20.0 Å². The molecular formula is C14H14F4N2O3. The SMILES string of the molecule is C/C(=N\NC(=O)C1CC1)c1ccc(OC(F)F)cc1OC(F)F. The lowest BCUT2D eigenvalue weighted by atomic mass is 10.1. The summed E-state index contributed by atoms with van der Waals surface area (Å²) < 4.78 is 57.7. The second kappa shape index (κ2) is 7.30. The van der Waals surface area contributed by atoms with E-state index in [1.54, 1.807) is 0 Å². The topological polar surface area (TPSA) is 59.9 Å². The fourth-order valence-electron chi connectivity index (χ4n) is 1.81. The van der Waals surface area contributed by atoms with Crippen LogP contribution in [0.2, 0.25) is 0 Å². The quantitative estimate of drug-likeness (QED) is 0.473. The Morgan fingerprint density at radius 2 is 1.87 bits per heavy atom. The van der Waals surface area contributed by atoms with Crippen LogP contribution in [0.3, 0.4) is 0 Å². The molecule has 0 heterocycles. The standard InChI is InChI=1S/C14H14F4N2O3/c1-7(19-20-12(21)8-2-3-8)10-5-4-9(22-13(15)16)6-11(10)23-14(17)18/h4-6,8,13-14H,2-3H2,1H3,(H,20,21)/b19-7+. The van der Waals surface area contributed by atoms with Crippen molar-refractivity contribution in [1.82, 2.24) is 5.43 Å². The molecule has 5 nitrogen and oxygen atoms in total. The molecule has 126 valence electrons. The lowest BCUT2D eigenvalue weighted by Gasteiger charge is -2.13. The highest BCUT2D eigenvalue weighted by Crippen LogP contribution is 2.29. The summed E-state index contributed by atoms with van der Waals surface area (Å²) in [6, 6.07) is 3.33. The number of nitrogens with one attached hydrogen (secondary N) is 1. The maximum atomic E-state index is 12.5. The lowest BCUT2D eigenvalue weighted by molar-refractivity contribution is -0.122. The predicted octanol–water partition coefficient (Wildman–Crippen LogP) is 3.14. The summed E-state index contributed by atoms with van der Waals surface area (Å²) in [5, 5.41) is 3.82. The molecule has 0 radical (unpaired) electrons. The van der Waals surface area contributed by atoms with E-state index >= 15 is 0 Å². The Morgan fingerprint density at radius 3 is 2.43 bits per heavy atom. The van der Waals surface area contributed by atoms with Crippen molar-refractivity contribution in [2.75, 3.05) is 0 Å². The van der Waals surface area contributed by atoms with Crippen molar-refractivity contribution < 1.29 is 31.8 Å². The van der Waals surface area contributed by atoms with Crippen molar-refractivity contribution in [3.05, 3.63) is 23.8 Å². The molecule has 9 heteroatoms. The molecule has 1 saturated carbocycles. The number of benzene rings is 1. The number of hydrazone groups is 1. The average Bonchev–Trinajstić information content (AvgIpc) is 3.28. The number of carbonyl (C=O) groups excluding carboxylic acids is 1. The molecule has 0 atom stereocenters. The second-order valence-electron chi connectivity index (χ2n) is 4.86. The van der Waals surface area contributed by atoms with Gasteiger partial charge in [-0.15, -0.1) is 0 Å². The molecule has 2 rings (SSSR count). The molecule has 0 aromatic heterocycles. The van der Waals surface area contributed by atoms with Crippen LogP contribution in [0.25, 0.3) is 0 Å². The fraction of sp³-hybridized carbons (Fsp3) is 0.429. The molecule has 1 aliphatic rings. The third-order valence-corrected chi connectivity index (χ3v) is 3.07. The van der Waals surface area contributed by atoms with Gasteiger partial charge in [0, 0.05) is 17.5 Å². The van der Waals surface area contributed by atoms with Crippen molar-refractivity contribution in [2.24, 2.45) is 11.0 Å². The number of ether oxygens (including phenoxy) is 2. The van der Waals surface area contributed by atoms with Gasteiger partial charge in [0.25, 0.3) is 0 Å². The number of carbonyl (C=O) groups is 1. The first-order valence-corrected chi connectivity index (χ1v) is 6.75. The fourth-order valence-corrected chi connectivity index (χ4v) is 1.81. The van der Waals surface area contributed by atoms with Crippen molar-refractivity contribution >= 4 is 11.6 Å². The van der Waals surface area contributed by atoms with Crippen LogP contribution in [-0.2, 0) is 4.79 Å². The van der Waals surface area contributed by atoms with Gasteiger partial charge in [-0.25, -0.2) is 5.43 Å². The molecule has 0 aliphatic heterocycles. The first-order chi connectivity index (χ1) is 10.9. The monoisotopic (exact) mass is 334 g/mol. The van der Waals surface area contributed by atoms with Crippen LogP contribution in [0.4, 0.5) is 17.6 Å². The normalized spacial score (nSPS) is 15.0. The third kappa shape index (κ3) is 5.11. The van der Waals surface area contributed by atoms with Crippen molar-refractivity contribution in [1.29, 1.82) is 0 Å². The van der Waals surface area contributed by atoms with Gasteiger partial charge in [-0.3, -0.25) is 4.79 Å². The number of hydrogen-bond donors (Lipinski definition) is 1. The van der Waals surface area contributed by atoms with E-state index in [0.29, 0.717) is 0 Å². The molecule has 0 unspecified atom stereocenters. The van der Waals surface area contributed by atoms with E-state index < -0.39 is 13.2 Å². The molecule has 1 aromatic rings. The zero-order valence-corrected chi connectivity index (χ0v) is 12.1. The van der Waals surface area contributed by atoms with E-state index in [1.165, 1.54) is 19.1 Å². The molecule has 1 amide bonds. The van der Waals surface area contributed by atoms with Gasteiger partial charge in [0.2, 0.25) is 5.91 Å². The molecular weight excluding hydrogens is 320 g/mol. The summed E-state index contributed by atoms with van der Waals surface area (Å²) in [7, 11) is 0. The van der Waals surface area contributed by atoms with Crippen molar-refractivity contribution in [2.45, 2.75) is 33.0 Å². The molecule has 1 aromatic carbocycles. The number of nitrogens with zero attached hydrogens (tertiary/aromatic N) is 1. The Labute approximate surface area is 129 Å².